The van der Waals surface area contributed by atoms with Crippen molar-refractivity contribution < 1.29 is 24.2 Å². The van der Waals surface area contributed by atoms with E-state index in [1.807, 2.05) is 17.5 Å². The molecule has 0 saturated carbocycles. The van der Waals surface area contributed by atoms with E-state index in [1.54, 1.807) is 42.7 Å². The quantitative estimate of drug-likeness (QED) is 0.359. The summed E-state index contributed by atoms with van der Waals surface area (Å²) >= 11 is 1.41. The van der Waals surface area contributed by atoms with Gasteiger partial charge in [0, 0.05) is 23.8 Å². The molecule has 1 atom stereocenters. The lowest BCUT2D eigenvalue weighted by molar-refractivity contribution is -0.140. The van der Waals surface area contributed by atoms with Gasteiger partial charge in [-0.3, -0.25) is 14.6 Å². The lowest BCUT2D eigenvalue weighted by Crippen LogP contribution is -2.28. The molecule has 3 heterocycles. The van der Waals surface area contributed by atoms with E-state index >= 15 is 0 Å². The van der Waals surface area contributed by atoms with Crippen LogP contribution in [0, 0.1) is 0 Å². The Balaban J connectivity index is 1.88. The first-order chi connectivity index (χ1) is 15.0. The minimum atomic E-state index is -0.741. The van der Waals surface area contributed by atoms with E-state index in [1.165, 1.54) is 30.5 Å². The molecule has 4 rings (SSSR count). The van der Waals surface area contributed by atoms with Crippen LogP contribution in [0.3, 0.4) is 0 Å². The Labute approximate surface area is 183 Å². The lowest BCUT2D eigenvalue weighted by atomic mass is 9.99. The molecule has 0 spiro atoms. The van der Waals surface area contributed by atoms with Crippen LogP contribution < -0.4 is 9.47 Å². The Bertz CT molecular complexity index is 1140. The van der Waals surface area contributed by atoms with Gasteiger partial charge in [0.05, 0.1) is 31.4 Å². The topological polar surface area (TPSA) is 89.0 Å². The molecule has 1 aromatic carbocycles. The van der Waals surface area contributed by atoms with Crippen molar-refractivity contribution in [1.29, 1.82) is 0 Å². The number of hydrogen-bond donors (Lipinski definition) is 1. The van der Waals surface area contributed by atoms with E-state index in [0.29, 0.717) is 11.5 Å². The standard InChI is InChI=1S/C23H20N2O5S/c1-29-15-5-6-17(30-2)16(12-15)21(26)19-20(18-4-3-11-31-18)25(23(28)22(19)27)13-14-7-9-24-10-8-14/h3-12,20,26H,13H2,1-2H3/b21-19-. The molecule has 31 heavy (non-hydrogen) atoms. The van der Waals surface area contributed by atoms with Crippen molar-refractivity contribution in [2.45, 2.75) is 12.6 Å². The second-order valence-corrected chi connectivity index (χ2v) is 7.84. The summed E-state index contributed by atoms with van der Waals surface area (Å²) in [4.78, 5) is 32.3. The number of aliphatic hydroxyl groups is 1. The molecule has 1 aliphatic rings. The number of benzene rings is 1. The van der Waals surface area contributed by atoms with Crippen molar-refractivity contribution in [1.82, 2.24) is 9.88 Å². The number of aliphatic hydroxyl groups excluding tert-OH is 1. The summed E-state index contributed by atoms with van der Waals surface area (Å²) in [6.07, 6.45) is 3.26. The maximum atomic E-state index is 13.1. The molecule has 1 N–H and O–H groups in total. The van der Waals surface area contributed by atoms with Crippen molar-refractivity contribution in [3.8, 4) is 11.5 Å². The Morgan fingerprint density at radius 1 is 1.13 bits per heavy atom. The Kier molecular flexibility index (Phi) is 5.73. The maximum absolute atomic E-state index is 13.1. The average Bonchev–Trinajstić information content (AvgIpc) is 3.41. The van der Waals surface area contributed by atoms with E-state index in [4.69, 9.17) is 9.47 Å². The Morgan fingerprint density at radius 3 is 2.55 bits per heavy atom. The van der Waals surface area contributed by atoms with Gasteiger partial charge in [-0.05, 0) is 47.3 Å². The van der Waals surface area contributed by atoms with Gasteiger partial charge in [0.2, 0.25) is 0 Å². The zero-order valence-electron chi connectivity index (χ0n) is 16.9. The summed E-state index contributed by atoms with van der Waals surface area (Å²) in [6.45, 7) is 0.210. The predicted octanol–water partition coefficient (Wildman–Crippen LogP) is 3.78. The summed E-state index contributed by atoms with van der Waals surface area (Å²) in [5.41, 5.74) is 1.13. The number of Topliss-reactive ketones (excluding diaryl/α,β-unsaturated/α-hetero) is 1. The molecule has 0 radical (unpaired) electrons. The first-order valence-electron chi connectivity index (χ1n) is 9.48. The second kappa shape index (κ2) is 8.61. The van der Waals surface area contributed by atoms with Crippen LogP contribution in [0.15, 0.2) is 65.8 Å². The van der Waals surface area contributed by atoms with Crippen molar-refractivity contribution in [2.24, 2.45) is 0 Å². The third kappa shape index (κ3) is 3.77. The van der Waals surface area contributed by atoms with Crippen LogP contribution in [-0.4, -0.2) is 40.9 Å². The maximum Gasteiger partial charge on any atom is 0.295 e. The van der Waals surface area contributed by atoms with Gasteiger partial charge in [-0.15, -0.1) is 11.3 Å². The Morgan fingerprint density at radius 2 is 1.90 bits per heavy atom. The van der Waals surface area contributed by atoms with E-state index in [-0.39, 0.29) is 23.4 Å². The largest absolute Gasteiger partial charge is 0.507 e. The van der Waals surface area contributed by atoms with Crippen LogP contribution in [0.5, 0.6) is 11.5 Å². The van der Waals surface area contributed by atoms with E-state index < -0.39 is 17.7 Å². The monoisotopic (exact) mass is 436 g/mol. The molecular formula is C23H20N2O5S. The number of aromatic nitrogens is 1. The van der Waals surface area contributed by atoms with E-state index in [2.05, 4.69) is 4.98 Å². The number of thiophene rings is 1. The summed E-state index contributed by atoms with van der Waals surface area (Å²) in [6, 6.07) is 11.5. The van der Waals surface area contributed by atoms with Gasteiger partial charge in [0.25, 0.3) is 11.7 Å². The smallest absolute Gasteiger partial charge is 0.295 e. The number of carbonyl (C=O) groups excluding carboxylic acids is 2. The van der Waals surface area contributed by atoms with Crippen LogP contribution in [0.25, 0.3) is 5.76 Å². The molecule has 1 fully saturated rings. The highest BCUT2D eigenvalue weighted by atomic mass is 32.1. The van der Waals surface area contributed by atoms with Crippen LogP contribution >= 0.6 is 11.3 Å². The number of amides is 1. The number of rotatable bonds is 6. The number of ketones is 1. The van der Waals surface area contributed by atoms with Crippen molar-refractivity contribution in [3.05, 3.63) is 81.8 Å². The molecule has 0 bridgehead atoms. The van der Waals surface area contributed by atoms with Gasteiger partial charge in [0.15, 0.2) is 0 Å². The van der Waals surface area contributed by atoms with Crippen molar-refractivity contribution in [2.75, 3.05) is 14.2 Å². The lowest BCUT2D eigenvalue weighted by Gasteiger charge is -2.24. The van der Waals surface area contributed by atoms with E-state index in [9.17, 15) is 14.7 Å². The number of carbonyl (C=O) groups is 2. The van der Waals surface area contributed by atoms with Crippen molar-refractivity contribution in [3.63, 3.8) is 0 Å². The first kappa shape index (κ1) is 20.6. The van der Waals surface area contributed by atoms with Gasteiger partial charge in [0.1, 0.15) is 17.3 Å². The van der Waals surface area contributed by atoms with Crippen LogP contribution in [0.4, 0.5) is 0 Å². The highest BCUT2D eigenvalue weighted by Gasteiger charge is 2.46. The van der Waals surface area contributed by atoms with Gasteiger partial charge >= 0.3 is 0 Å². The minimum absolute atomic E-state index is 0.0214. The molecule has 2 aromatic heterocycles. The molecule has 0 aliphatic carbocycles. The van der Waals surface area contributed by atoms with Crippen LogP contribution in [0.1, 0.15) is 22.0 Å². The fourth-order valence-electron chi connectivity index (χ4n) is 3.61. The summed E-state index contributed by atoms with van der Waals surface area (Å²) in [5.74, 6) is -0.859. The average molecular weight is 436 g/mol. The number of hydrogen-bond acceptors (Lipinski definition) is 7. The molecular weight excluding hydrogens is 416 g/mol. The number of methoxy groups -OCH3 is 2. The fourth-order valence-corrected chi connectivity index (χ4v) is 4.46. The third-order valence-electron chi connectivity index (χ3n) is 5.12. The van der Waals surface area contributed by atoms with Crippen LogP contribution in [0.2, 0.25) is 0 Å². The van der Waals surface area contributed by atoms with Gasteiger partial charge in [-0.2, -0.15) is 0 Å². The Hall–Kier alpha value is -3.65. The molecule has 7 nitrogen and oxygen atoms in total. The summed E-state index contributed by atoms with van der Waals surface area (Å²) in [5, 5.41) is 13.1. The fraction of sp³-hybridized carbons (Fsp3) is 0.174. The van der Waals surface area contributed by atoms with Gasteiger partial charge in [-0.25, -0.2) is 0 Å². The zero-order valence-corrected chi connectivity index (χ0v) is 17.8. The highest BCUT2D eigenvalue weighted by Crippen LogP contribution is 2.43. The normalized spacial score (nSPS) is 17.7. The molecule has 1 aliphatic heterocycles. The number of likely N-dealkylation sites (tertiary alicyclic amines) is 1. The van der Waals surface area contributed by atoms with Crippen molar-refractivity contribution >= 4 is 28.8 Å². The highest BCUT2D eigenvalue weighted by molar-refractivity contribution is 7.10. The summed E-state index contributed by atoms with van der Waals surface area (Å²) in [7, 11) is 2.97. The minimum Gasteiger partial charge on any atom is -0.507 e. The number of pyridine rings is 1. The molecule has 8 heteroatoms. The summed E-state index contributed by atoms with van der Waals surface area (Å²) < 4.78 is 10.6. The second-order valence-electron chi connectivity index (χ2n) is 6.86. The van der Waals surface area contributed by atoms with Gasteiger partial charge < -0.3 is 19.5 Å². The molecule has 1 amide bonds. The van der Waals surface area contributed by atoms with Crippen LogP contribution in [-0.2, 0) is 16.1 Å². The molecule has 1 unspecified atom stereocenters. The molecule has 3 aromatic rings. The number of nitrogens with zero attached hydrogens (tertiary/aromatic N) is 2. The first-order valence-corrected chi connectivity index (χ1v) is 10.4. The SMILES string of the molecule is COc1ccc(OC)c(/C(O)=C2/C(=O)C(=O)N(Cc3ccncc3)C2c2cccs2)c1. The molecule has 1 saturated heterocycles. The van der Waals surface area contributed by atoms with Gasteiger partial charge in [-0.1, -0.05) is 6.07 Å². The van der Waals surface area contributed by atoms with E-state index in [0.717, 1.165) is 10.4 Å². The number of ether oxygens (including phenoxy) is 2. The zero-order chi connectivity index (χ0) is 22.0. The molecule has 158 valence electrons. The third-order valence-corrected chi connectivity index (χ3v) is 6.04. The predicted molar refractivity (Wildman–Crippen MR) is 116 cm³/mol.